The molecule has 3 aliphatic carbocycles. The van der Waals surface area contributed by atoms with Crippen LogP contribution in [0.4, 0.5) is 0 Å². The van der Waals surface area contributed by atoms with Gasteiger partial charge in [0.1, 0.15) is 0 Å². The van der Waals surface area contributed by atoms with Gasteiger partial charge in [0.15, 0.2) is 0 Å². The molecule has 3 aliphatic rings. The van der Waals surface area contributed by atoms with Gasteiger partial charge >= 0.3 is 5.97 Å². The van der Waals surface area contributed by atoms with E-state index in [9.17, 15) is 4.79 Å². The number of ether oxygens (including phenoxy) is 2. The lowest BCUT2D eigenvalue weighted by atomic mass is 9.57. The minimum atomic E-state index is -0.207. The molecule has 3 saturated carbocycles. The van der Waals surface area contributed by atoms with Gasteiger partial charge < -0.3 is 14.8 Å². The molecule has 4 nitrogen and oxygen atoms in total. The first-order chi connectivity index (χ1) is 15.6. The highest BCUT2D eigenvalue weighted by atomic mass is 16.5. The summed E-state index contributed by atoms with van der Waals surface area (Å²) in [7, 11) is 1.53. The molecule has 0 heterocycles. The first-order valence-corrected chi connectivity index (χ1v) is 12.5. The Hall–Kier alpha value is -1.91. The normalized spacial score (nSPS) is 24.7. The van der Waals surface area contributed by atoms with Crippen molar-refractivity contribution in [1.82, 2.24) is 5.32 Å². The molecule has 174 valence electrons. The predicted molar refractivity (Wildman–Crippen MR) is 130 cm³/mol. The van der Waals surface area contributed by atoms with Crippen LogP contribution in [0, 0.1) is 5.41 Å². The van der Waals surface area contributed by atoms with Crippen LogP contribution in [-0.4, -0.2) is 31.8 Å². The lowest BCUT2D eigenvalue weighted by Crippen LogP contribution is -2.56. The van der Waals surface area contributed by atoms with Crippen LogP contribution in [0.25, 0.3) is 10.8 Å². The SMILES string of the molecule is CCCOCCCCc1ccc2cc(CNC34CCC(C(=O)OC)(CC3)CC4)ccc2c1. The van der Waals surface area contributed by atoms with Crippen molar-refractivity contribution in [2.45, 2.75) is 83.2 Å². The van der Waals surface area contributed by atoms with Gasteiger partial charge in [-0.25, -0.2) is 0 Å². The van der Waals surface area contributed by atoms with Gasteiger partial charge in [-0.1, -0.05) is 37.3 Å². The molecule has 0 spiro atoms. The molecular weight excluding hydrogens is 398 g/mol. The van der Waals surface area contributed by atoms with Crippen molar-refractivity contribution < 1.29 is 14.3 Å². The smallest absolute Gasteiger partial charge is 0.311 e. The largest absolute Gasteiger partial charge is 0.469 e. The second kappa shape index (κ2) is 10.4. The zero-order chi connectivity index (χ0) is 22.4. The predicted octanol–water partition coefficient (Wildman–Crippen LogP) is 5.94. The number of rotatable bonds is 11. The molecule has 4 heteroatoms. The number of carbonyl (C=O) groups is 1. The highest BCUT2D eigenvalue weighted by molar-refractivity contribution is 5.83. The minimum absolute atomic E-state index is 0.00419. The van der Waals surface area contributed by atoms with Crippen LogP contribution < -0.4 is 5.32 Å². The Morgan fingerprint density at radius 1 is 0.906 bits per heavy atom. The van der Waals surface area contributed by atoms with Gasteiger partial charge in [0.25, 0.3) is 0 Å². The van der Waals surface area contributed by atoms with Gasteiger partial charge in [-0.3, -0.25) is 4.79 Å². The number of hydrogen-bond acceptors (Lipinski definition) is 4. The number of benzene rings is 2. The number of esters is 1. The lowest BCUT2D eigenvalue weighted by Gasteiger charge is -2.52. The van der Waals surface area contributed by atoms with Crippen molar-refractivity contribution in [3.8, 4) is 0 Å². The number of carbonyl (C=O) groups excluding carboxylic acids is 1. The van der Waals surface area contributed by atoms with Crippen molar-refractivity contribution >= 4 is 16.7 Å². The Kier molecular flexibility index (Phi) is 7.52. The Balaban J connectivity index is 1.30. The van der Waals surface area contributed by atoms with E-state index in [1.807, 2.05) is 0 Å². The van der Waals surface area contributed by atoms with Crippen molar-refractivity contribution in [2.24, 2.45) is 5.41 Å². The molecule has 0 radical (unpaired) electrons. The van der Waals surface area contributed by atoms with Crippen LogP contribution in [0.5, 0.6) is 0 Å². The molecule has 0 aromatic heterocycles. The first-order valence-electron chi connectivity index (χ1n) is 12.5. The van der Waals surface area contributed by atoms with Crippen molar-refractivity contribution in [1.29, 1.82) is 0 Å². The summed E-state index contributed by atoms with van der Waals surface area (Å²) in [5.41, 5.74) is 2.73. The summed E-state index contributed by atoms with van der Waals surface area (Å²) in [5, 5.41) is 6.51. The second-order valence-corrected chi connectivity index (χ2v) is 9.99. The molecule has 2 aromatic rings. The summed E-state index contributed by atoms with van der Waals surface area (Å²) in [6.45, 7) is 4.80. The maximum absolute atomic E-state index is 12.2. The van der Waals surface area contributed by atoms with Crippen molar-refractivity contribution in [3.63, 3.8) is 0 Å². The Morgan fingerprint density at radius 3 is 2.22 bits per heavy atom. The van der Waals surface area contributed by atoms with Gasteiger partial charge in [-0.15, -0.1) is 0 Å². The Bertz CT molecular complexity index is 898. The van der Waals surface area contributed by atoms with E-state index in [4.69, 9.17) is 9.47 Å². The molecule has 0 aliphatic heterocycles. The van der Waals surface area contributed by atoms with Crippen LogP contribution in [0.15, 0.2) is 36.4 Å². The van der Waals surface area contributed by atoms with E-state index in [0.29, 0.717) is 0 Å². The molecule has 0 atom stereocenters. The third-order valence-electron chi connectivity index (χ3n) is 7.85. The van der Waals surface area contributed by atoms with Gasteiger partial charge in [0, 0.05) is 25.3 Å². The molecule has 3 fully saturated rings. The average molecular weight is 438 g/mol. The van der Waals surface area contributed by atoms with Crippen molar-refractivity contribution in [3.05, 3.63) is 47.5 Å². The fourth-order valence-corrected chi connectivity index (χ4v) is 5.65. The molecule has 2 bridgehead atoms. The fraction of sp³-hybridized carbons (Fsp3) is 0.607. The molecule has 0 amide bonds. The van der Waals surface area contributed by atoms with Gasteiger partial charge in [-0.05, 0) is 92.2 Å². The molecule has 0 saturated heterocycles. The summed E-state index contributed by atoms with van der Waals surface area (Å²) < 4.78 is 10.7. The van der Waals surface area contributed by atoms with E-state index in [2.05, 4.69) is 48.6 Å². The molecule has 0 unspecified atom stereocenters. The molecule has 5 rings (SSSR count). The summed E-state index contributed by atoms with van der Waals surface area (Å²) in [5.74, 6) is 0.00419. The standard InChI is InChI=1S/C28H39NO3/c1-3-17-32-18-5-4-6-22-7-9-25-20-23(8-10-24(25)19-22)21-29-28-14-11-27(12-15-28,13-16-28)26(30)31-2/h7-10,19-20,29H,3-6,11-18,21H2,1-2H3. The Morgan fingerprint density at radius 2 is 1.56 bits per heavy atom. The summed E-state index contributed by atoms with van der Waals surface area (Å²) in [4.78, 5) is 12.2. The third kappa shape index (κ3) is 5.18. The quantitative estimate of drug-likeness (QED) is 0.349. The number of unbranched alkanes of at least 4 members (excludes halogenated alkanes) is 1. The number of fused-ring (bicyclic) bond motifs is 4. The highest BCUT2D eigenvalue weighted by Crippen LogP contribution is 2.53. The van der Waals surface area contributed by atoms with E-state index in [0.717, 1.165) is 77.5 Å². The number of nitrogens with one attached hydrogen (secondary N) is 1. The zero-order valence-corrected chi connectivity index (χ0v) is 19.9. The zero-order valence-electron chi connectivity index (χ0n) is 19.9. The van der Waals surface area contributed by atoms with E-state index >= 15 is 0 Å². The minimum Gasteiger partial charge on any atom is -0.469 e. The fourth-order valence-electron chi connectivity index (χ4n) is 5.65. The van der Waals surface area contributed by atoms with Crippen LogP contribution in [0.2, 0.25) is 0 Å². The summed E-state index contributed by atoms with van der Waals surface area (Å²) in [6.07, 6.45) is 10.6. The van der Waals surface area contributed by atoms with Crippen molar-refractivity contribution in [2.75, 3.05) is 20.3 Å². The molecule has 2 aromatic carbocycles. The van der Waals surface area contributed by atoms with Gasteiger partial charge in [0.2, 0.25) is 0 Å². The van der Waals surface area contributed by atoms with Crippen LogP contribution in [0.3, 0.4) is 0 Å². The third-order valence-corrected chi connectivity index (χ3v) is 7.85. The highest BCUT2D eigenvalue weighted by Gasteiger charge is 2.52. The second-order valence-electron chi connectivity index (χ2n) is 9.99. The van der Waals surface area contributed by atoms with Gasteiger partial charge in [-0.2, -0.15) is 0 Å². The first kappa shape index (κ1) is 23.3. The Labute approximate surface area is 193 Å². The molecule has 32 heavy (non-hydrogen) atoms. The average Bonchev–Trinajstić information content (AvgIpc) is 2.85. The summed E-state index contributed by atoms with van der Waals surface area (Å²) in [6, 6.07) is 13.7. The van der Waals surface area contributed by atoms with Crippen LogP contribution >= 0.6 is 0 Å². The maximum atomic E-state index is 12.2. The van der Waals surface area contributed by atoms with E-state index in [-0.39, 0.29) is 16.9 Å². The molecular formula is C28H39NO3. The lowest BCUT2D eigenvalue weighted by molar-refractivity contribution is -0.160. The van der Waals surface area contributed by atoms with Crippen LogP contribution in [-0.2, 0) is 27.2 Å². The molecule has 1 N–H and O–H groups in total. The van der Waals surface area contributed by atoms with E-state index < -0.39 is 0 Å². The summed E-state index contributed by atoms with van der Waals surface area (Å²) >= 11 is 0. The maximum Gasteiger partial charge on any atom is 0.311 e. The van der Waals surface area contributed by atoms with E-state index in [1.165, 1.54) is 35.4 Å². The topological polar surface area (TPSA) is 47.6 Å². The number of methoxy groups -OCH3 is 1. The number of aryl methyl sites for hydroxylation is 1. The van der Waals surface area contributed by atoms with Crippen LogP contribution in [0.1, 0.15) is 75.8 Å². The number of hydrogen-bond donors (Lipinski definition) is 1. The monoisotopic (exact) mass is 437 g/mol. The van der Waals surface area contributed by atoms with Gasteiger partial charge in [0.05, 0.1) is 12.5 Å². The van der Waals surface area contributed by atoms with E-state index in [1.54, 1.807) is 0 Å².